The van der Waals surface area contributed by atoms with Crippen molar-refractivity contribution in [2.75, 3.05) is 11.9 Å². The van der Waals surface area contributed by atoms with Crippen LogP contribution in [0.25, 0.3) is 5.57 Å². The summed E-state index contributed by atoms with van der Waals surface area (Å²) in [7, 11) is 0. The maximum absolute atomic E-state index is 13.0. The van der Waals surface area contributed by atoms with Gasteiger partial charge in [0.25, 0.3) is 11.8 Å². The third kappa shape index (κ3) is 4.94. The Kier molecular flexibility index (Phi) is 6.46. The van der Waals surface area contributed by atoms with Crippen LogP contribution >= 0.6 is 0 Å². The van der Waals surface area contributed by atoms with Gasteiger partial charge in [-0.1, -0.05) is 6.07 Å². The van der Waals surface area contributed by atoms with Crippen molar-refractivity contribution < 1.29 is 19.2 Å². The van der Waals surface area contributed by atoms with Crippen LogP contribution in [0.3, 0.4) is 0 Å². The molecular formula is C29H30N6O4. The molecule has 1 unspecified atom stereocenters. The highest BCUT2D eigenvalue weighted by molar-refractivity contribution is 6.23. The molecule has 1 aromatic heterocycles. The van der Waals surface area contributed by atoms with Gasteiger partial charge in [0.2, 0.25) is 11.8 Å². The number of nitrogens with zero attached hydrogens (tertiary/aromatic N) is 3. The van der Waals surface area contributed by atoms with Crippen LogP contribution in [0.15, 0.2) is 53.3 Å². The number of aliphatic imine (C=N–C) groups is 1. The van der Waals surface area contributed by atoms with Crippen molar-refractivity contribution in [2.24, 2.45) is 22.6 Å². The fourth-order valence-electron chi connectivity index (χ4n) is 5.44. The summed E-state index contributed by atoms with van der Waals surface area (Å²) >= 11 is 0. The maximum Gasteiger partial charge on any atom is 0.262 e. The highest BCUT2D eigenvalue weighted by atomic mass is 16.2. The molecule has 0 spiro atoms. The first-order chi connectivity index (χ1) is 18.9. The van der Waals surface area contributed by atoms with Gasteiger partial charge in [-0.15, -0.1) is 0 Å². The first-order valence-corrected chi connectivity index (χ1v) is 13.4. The summed E-state index contributed by atoms with van der Waals surface area (Å²) in [5, 5.41) is 5.59. The lowest BCUT2D eigenvalue weighted by Crippen LogP contribution is -2.54. The molecule has 2 aliphatic heterocycles. The van der Waals surface area contributed by atoms with E-state index >= 15 is 0 Å². The van der Waals surface area contributed by atoms with E-state index in [9.17, 15) is 19.2 Å². The number of rotatable bonds is 8. The molecule has 1 saturated heterocycles. The van der Waals surface area contributed by atoms with Crippen LogP contribution in [0.2, 0.25) is 0 Å². The molecular weight excluding hydrogens is 496 g/mol. The summed E-state index contributed by atoms with van der Waals surface area (Å²) in [4.78, 5) is 59.9. The van der Waals surface area contributed by atoms with Crippen LogP contribution in [-0.4, -0.2) is 58.4 Å². The molecule has 39 heavy (non-hydrogen) atoms. The predicted molar refractivity (Wildman–Crippen MR) is 145 cm³/mol. The van der Waals surface area contributed by atoms with Gasteiger partial charge in [-0.25, -0.2) is 0 Å². The number of nitrogens with two attached hydrogens (primary N) is 1. The molecule has 4 N–H and O–H groups in total. The second-order valence-electron chi connectivity index (χ2n) is 10.7. The number of amides is 4. The lowest BCUT2D eigenvalue weighted by molar-refractivity contribution is -0.136. The number of imide groups is 2. The average molecular weight is 527 g/mol. The van der Waals surface area contributed by atoms with E-state index in [1.807, 2.05) is 24.4 Å². The summed E-state index contributed by atoms with van der Waals surface area (Å²) in [5.74, 6) is -1.15. The van der Waals surface area contributed by atoms with Crippen molar-refractivity contribution in [3.05, 3.63) is 65.1 Å². The van der Waals surface area contributed by atoms with E-state index in [0.29, 0.717) is 11.8 Å². The third-order valence-electron chi connectivity index (χ3n) is 7.93. The zero-order valence-corrected chi connectivity index (χ0v) is 21.4. The molecule has 10 heteroatoms. The molecule has 10 nitrogen and oxygen atoms in total. The fraction of sp³-hybridized carbons (Fsp3) is 0.379. The smallest absolute Gasteiger partial charge is 0.262 e. The first-order valence-electron chi connectivity index (χ1n) is 13.4. The minimum atomic E-state index is -0.966. The molecule has 0 radical (unpaired) electrons. The number of fused-ring (bicyclic) bond motifs is 1. The monoisotopic (exact) mass is 526 g/mol. The van der Waals surface area contributed by atoms with Gasteiger partial charge in [-0.2, -0.15) is 0 Å². The first kappa shape index (κ1) is 25.0. The summed E-state index contributed by atoms with van der Waals surface area (Å²) < 4.78 is 0. The minimum Gasteiger partial charge on any atom is -0.401 e. The molecule has 1 atom stereocenters. The Morgan fingerprint density at radius 1 is 1.08 bits per heavy atom. The van der Waals surface area contributed by atoms with Crippen molar-refractivity contribution in [3.63, 3.8) is 0 Å². The van der Waals surface area contributed by atoms with E-state index in [2.05, 4.69) is 15.6 Å². The molecule has 1 aromatic carbocycles. The van der Waals surface area contributed by atoms with Crippen LogP contribution in [-0.2, 0) is 9.59 Å². The topological polar surface area (TPSA) is 147 Å². The molecule has 4 aliphatic rings. The van der Waals surface area contributed by atoms with Crippen LogP contribution in [0, 0.1) is 11.8 Å². The zero-order chi connectivity index (χ0) is 27.1. The van der Waals surface area contributed by atoms with Gasteiger partial charge in [0, 0.05) is 42.3 Å². The number of hydrogen-bond donors (Lipinski definition) is 3. The summed E-state index contributed by atoms with van der Waals surface area (Å²) in [6, 6.07) is 10.1. The van der Waals surface area contributed by atoms with E-state index in [1.165, 1.54) is 0 Å². The lowest BCUT2D eigenvalue weighted by atomic mass is 9.80. The molecule has 3 fully saturated rings. The summed E-state index contributed by atoms with van der Waals surface area (Å²) in [6.45, 7) is 0.719. The van der Waals surface area contributed by atoms with Crippen LogP contribution in [0.4, 0.5) is 5.69 Å². The van der Waals surface area contributed by atoms with Gasteiger partial charge in [0.15, 0.2) is 0 Å². The fourth-order valence-corrected chi connectivity index (χ4v) is 5.44. The van der Waals surface area contributed by atoms with Crippen molar-refractivity contribution in [3.8, 4) is 0 Å². The van der Waals surface area contributed by atoms with Gasteiger partial charge in [-0.3, -0.25) is 39.4 Å². The Hall–Kier alpha value is -4.34. The highest BCUT2D eigenvalue weighted by Gasteiger charge is 2.44. The van der Waals surface area contributed by atoms with E-state index in [-0.39, 0.29) is 30.0 Å². The molecule has 2 aromatic rings. The number of anilines is 1. The van der Waals surface area contributed by atoms with E-state index in [0.717, 1.165) is 59.8 Å². The minimum absolute atomic E-state index is 0.0949. The second kappa shape index (κ2) is 10.1. The number of carbonyl (C=O) groups is 4. The number of pyridine rings is 1. The van der Waals surface area contributed by atoms with E-state index in [1.54, 1.807) is 24.4 Å². The lowest BCUT2D eigenvalue weighted by Gasteiger charge is -2.33. The Morgan fingerprint density at radius 2 is 1.87 bits per heavy atom. The Morgan fingerprint density at radius 3 is 2.59 bits per heavy atom. The molecule has 2 saturated carbocycles. The number of carbonyl (C=O) groups excluding carboxylic acids is 4. The third-order valence-corrected chi connectivity index (χ3v) is 7.93. The van der Waals surface area contributed by atoms with Crippen LogP contribution in [0.5, 0.6) is 0 Å². The van der Waals surface area contributed by atoms with Crippen LogP contribution < -0.4 is 16.4 Å². The number of nitrogens with one attached hydrogen (secondary N) is 2. The van der Waals surface area contributed by atoms with Gasteiger partial charge >= 0.3 is 0 Å². The highest BCUT2D eigenvalue weighted by Crippen LogP contribution is 2.37. The standard InChI is InChI=1S/C29H30N6O4/c30-26(17-4-5-17)22(23-3-1-2-10-31-23)15-33-19-11-16(12-19)14-32-18-6-7-20-21(13-18)29(39)35(28(20)38)24-8-9-25(36)34-27(24)37/h1-3,6-7,10,13,15-17,19,24,32H,4-5,8-9,11-12,14,30H2,(H,34,36,37). The van der Waals surface area contributed by atoms with Crippen molar-refractivity contribution in [1.29, 1.82) is 0 Å². The normalized spacial score (nSPS) is 25.3. The molecule has 2 aliphatic carbocycles. The van der Waals surface area contributed by atoms with Gasteiger partial charge in [-0.05, 0) is 74.3 Å². The predicted octanol–water partition coefficient (Wildman–Crippen LogP) is 2.52. The van der Waals surface area contributed by atoms with Gasteiger partial charge in [0.05, 0.1) is 22.9 Å². The van der Waals surface area contributed by atoms with E-state index in [4.69, 9.17) is 10.7 Å². The quantitative estimate of drug-likeness (QED) is 0.354. The van der Waals surface area contributed by atoms with Crippen LogP contribution in [0.1, 0.15) is 64.9 Å². The number of benzene rings is 1. The molecule has 6 rings (SSSR count). The number of hydrogen-bond acceptors (Lipinski definition) is 8. The SMILES string of the molecule is NC(=C(C=NC1CC(CNc2ccc3c(c2)C(=O)N(C2CCC(=O)NC2=O)C3=O)C1)c1ccccn1)C1CC1. The number of aromatic nitrogens is 1. The average Bonchev–Trinajstić information content (AvgIpc) is 3.73. The number of piperidine rings is 1. The van der Waals surface area contributed by atoms with Crippen molar-refractivity contribution in [2.45, 2.75) is 50.6 Å². The molecule has 4 amide bonds. The molecule has 0 bridgehead atoms. The van der Waals surface area contributed by atoms with Crippen molar-refractivity contribution >= 4 is 41.1 Å². The summed E-state index contributed by atoms with van der Waals surface area (Å²) in [5.41, 5.74) is 10.3. The van der Waals surface area contributed by atoms with Crippen molar-refractivity contribution in [1.82, 2.24) is 15.2 Å². The summed E-state index contributed by atoms with van der Waals surface area (Å²) in [6.07, 6.45) is 8.00. The van der Waals surface area contributed by atoms with Gasteiger partial charge < -0.3 is 11.1 Å². The number of allylic oxidation sites excluding steroid dienone is 2. The largest absolute Gasteiger partial charge is 0.401 e. The molecule has 3 heterocycles. The Labute approximate surface area is 225 Å². The second-order valence-corrected chi connectivity index (χ2v) is 10.7. The van der Waals surface area contributed by atoms with E-state index < -0.39 is 29.7 Å². The zero-order valence-electron chi connectivity index (χ0n) is 21.4. The Balaban J connectivity index is 1.05. The maximum atomic E-state index is 13.0. The van der Waals surface area contributed by atoms with Gasteiger partial charge in [0.1, 0.15) is 6.04 Å². The molecule has 200 valence electrons. The Bertz CT molecular complexity index is 1410.